The van der Waals surface area contributed by atoms with Gasteiger partial charge in [-0.15, -0.1) is 0 Å². The molecule has 0 aliphatic heterocycles. The van der Waals surface area contributed by atoms with Crippen LogP contribution in [-0.2, 0) is 21.4 Å². The SMILES string of the molecule is COCC1(c2cccc(CCC=O)c2)CC1. The lowest BCUT2D eigenvalue weighted by molar-refractivity contribution is -0.107. The fraction of sp³-hybridized carbons (Fsp3) is 0.500. The van der Waals surface area contributed by atoms with Crippen molar-refractivity contribution in [2.24, 2.45) is 0 Å². The van der Waals surface area contributed by atoms with Crippen LogP contribution in [0.4, 0.5) is 0 Å². The van der Waals surface area contributed by atoms with Crippen molar-refractivity contribution in [2.75, 3.05) is 13.7 Å². The maximum Gasteiger partial charge on any atom is 0.120 e. The molecule has 2 rings (SSSR count). The number of carbonyl (C=O) groups is 1. The maximum absolute atomic E-state index is 10.4. The summed E-state index contributed by atoms with van der Waals surface area (Å²) >= 11 is 0. The van der Waals surface area contributed by atoms with E-state index in [0.717, 1.165) is 19.3 Å². The Bertz CT molecular complexity index is 367. The number of aldehydes is 1. The van der Waals surface area contributed by atoms with Gasteiger partial charge in [-0.1, -0.05) is 24.3 Å². The molecule has 2 nitrogen and oxygen atoms in total. The van der Waals surface area contributed by atoms with Gasteiger partial charge in [0.2, 0.25) is 0 Å². The molecule has 0 heterocycles. The van der Waals surface area contributed by atoms with Gasteiger partial charge >= 0.3 is 0 Å². The minimum atomic E-state index is 0.270. The zero-order valence-corrected chi connectivity index (χ0v) is 9.74. The van der Waals surface area contributed by atoms with Gasteiger partial charge < -0.3 is 9.53 Å². The van der Waals surface area contributed by atoms with Gasteiger partial charge in [0.15, 0.2) is 0 Å². The number of carbonyl (C=O) groups excluding carboxylic acids is 1. The van der Waals surface area contributed by atoms with Crippen molar-refractivity contribution in [1.29, 1.82) is 0 Å². The van der Waals surface area contributed by atoms with Gasteiger partial charge in [0.25, 0.3) is 0 Å². The molecule has 0 unspecified atom stereocenters. The van der Waals surface area contributed by atoms with Crippen LogP contribution < -0.4 is 0 Å². The van der Waals surface area contributed by atoms with Crippen molar-refractivity contribution in [3.63, 3.8) is 0 Å². The van der Waals surface area contributed by atoms with E-state index in [9.17, 15) is 4.79 Å². The first-order valence-corrected chi connectivity index (χ1v) is 5.83. The lowest BCUT2D eigenvalue weighted by Crippen LogP contribution is -2.14. The highest BCUT2D eigenvalue weighted by Crippen LogP contribution is 2.48. The zero-order chi connectivity index (χ0) is 11.4. The predicted octanol–water partition coefficient (Wildman–Crippen LogP) is 2.50. The summed E-state index contributed by atoms with van der Waals surface area (Å²) in [5, 5.41) is 0. The molecule has 0 amide bonds. The third kappa shape index (κ3) is 2.33. The Morgan fingerprint density at radius 3 is 2.88 bits per heavy atom. The Labute approximate surface area is 96.6 Å². The molecule has 0 bridgehead atoms. The summed E-state index contributed by atoms with van der Waals surface area (Å²) in [6, 6.07) is 8.59. The molecule has 0 N–H and O–H groups in total. The second-order valence-corrected chi connectivity index (χ2v) is 4.62. The predicted molar refractivity (Wildman–Crippen MR) is 63.6 cm³/mol. The van der Waals surface area contributed by atoms with Gasteiger partial charge in [-0.25, -0.2) is 0 Å². The maximum atomic E-state index is 10.4. The van der Waals surface area contributed by atoms with E-state index in [-0.39, 0.29) is 5.41 Å². The highest BCUT2D eigenvalue weighted by Gasteiger charge is 2.44. The van der Waals surface area contributed by atoms with Crippen LogP contribution in [0.5, 0.6) is 0 Å². The molecule has 0 saturated heterocycles. The van der Waals surface area contributed by atoms with Crippen LogP contribution in [0, 0.1) is 0 Å². The summed E-state index contributed by atoms with van der Waals surface area (Å²) in [5.41, 5.74) is 2.90. The van der Waals surface area contributed by atoms with E-state index in [2.05, 4.69) is 24.3 Å². The van der Waals surface area contributed by atoms with Gasteiger partial charge in [-0.3, -0.25) is 0 Å². The second-order valence-electron chi connectivity index (χ2n) is 4.62. The average Bonchev–Trinajstić information content (AvgIpc) is 3.08. The van der Waals surface area contributed by atoms with Gasteiger partial charge in [-0.2, -0.15) is 0 Å². The zero-order valence-electron chi connectivity index (χ0n) is 9.74. The molecule has 1 aromatic carbocycles. The molecular formula is C14H18O2. The first kappa shape index (κ1) is 11.3. The molecule has 2 heteroatoms. The van der Waals surface area contributed by atoms with Crippen LogP contribution >= 0.6 is 0 Å². The summed E-state index contributed by atoms with van der Waals surface area (Å²) in [5.74, 6) is 0. The van der Waals surface area contributed by atoms with Gasteiger partial charge in [-0.05, 0) is 30.4 Å². The van der Waals surface area contributed by atoms with Gasteiger partial charge in [0, 0.05) is 18.9 Å². The monoisotopic (exact) mass is 218 g/mol. The van der Waals surface area contributed by atoms with Gasteiger partial charge in [0.05, 0.1) is 6.61 Å². The highest BCUT2D eigenvalue weighted by atomic mass is 16.5. The highest BCUT2D eigenvalue weighted by molar-refractivity contribution is 5.50. The lowest BCUT2D eigenvalue weighted by Gasteiger charge is -2.15. The number of ether oxygens (including phenoxy) is 1. The quantitative estimate of drug-likeness (QED) is 0.686. The van der Waals surface area contributed by atoms with E-state index < -0.39 is 0 Å². The number of rotatable bonds is 6. The molecule has 1 aromatic rings. The normalized spacial score (nSPS) is 17.1. The molecule has 1 saturated carbocycles. The fourth-order valence-corrected chi connectivity index (χ4v) is 2.23. The van der Waals surface area contributed by atoms with Crippen LogP contribution in [0.2, 0.25) is 0 Å². The van der Waals surface area contributed by atoms with Crippen molar-refractivity contribution >= 4 is 6.29 Å². The molecule has 16 heavy (non-hydrogen) atoms. The van der Waals surface area contributed by atoms with Gasteiger partial charge in [0.1, 0.15) is 6.29 Å². The van der Waals surface area contributed by atoms with Crippen LogP contribution in [-0.4, -0.2) is 20.0 Å². The van der Waals surface area contributed by atoms with E-state index >= 15 is 0 Å². The molecule has 0 radical (unpaired) electrons. The molecular weight excluding hydrogens is 200 g/mol. The molecule has 0 aromatic heterocycles. The molecule has 1 aliphatic carbocycles. The van der Waals surface area contributed by atoms with Crippen molar-refractivity contribution in [1.82, 2.24) is 0 Å². The second kappa shape index (κ2) is 4.79. The van der Waals surface area contributed by atoms with Crippen molar-refractivity contribution < 1.29 is 9.53 Å². The topological polar surface area (TPSA) is 26.3 Å². The number of aryl methyl sites for hydroxylation is 1. The Hall–Kier alpha value is -1.15. The molecule has 86 valence electrons. The summed E-state index contributed by atoms with van der Waals surface area (Å²) in [4.78, 5) is 10.4. The number of hydrogen-bond acceptors (Lipinski definition) is 2. The number of hydrogen-bond donors (Lipinski definition) is 0. The van der Waals surface area contributed by atoms with E-state index in [1.165, 1.54) is 24.0 Å². The van der Waals surface area contributed by atoms with Crippen molar-refractivity contribution in [3.8, 4) is 0 Å². The van der Waals surface area contributed by atoms with Crippen LogP contribution in [0.15, 0.2) is 24.3 Å². The molecule has 0 spiro atoms. The molecule has 1 fully saturated rings. The van der Waals surface area contributed by atoms with E-state index in [1.807, 2.05) is 0 Å². The third-order valence-electron chi connectivity index (χ3n) is 3.36. The van der Waals surface area contributed by atoms with Crippen molar-refractivity contribution in [2.45, 2.75) is 31.1 Å². The Kier molecular flexibility index (Phi) is 3.39. The summed E-state index contributed by atoms with van der Waals surface area (Å²) in [7, 11) is 1.76. The van der Waals surface area contributed by atoms with Crippen LogP contribution in [0.1, 0.15) is 30.4 Å². The Morgan fingerprint density at radius 1 is 1.44 bits per heavy atom. The number of methoxy groups -OCH3 is 1. The molecule has 1 aliphatic rings. The standard InChI is InChI=1S/C14H18O2/c1-16-11-14(7-8-14)13-6-2-4-12(10-13)5-3-9-15/h2,4,6,9-10H,3,5,7-8,11H2,1H3. The average molecular weight is 218 g/mol. The first-order chi connectivity index (χ1) is 7.80. The van der Waals surface area contributed by atoms with E-state index in [1.54, 1.807) is 7.11 Å². The van der Waals surface area contributed by atoms with E-state index in [4.69, 9.17) is 4.74 Å². The summed E-state index contributed by atoms with van der Waals surface area (Å²) in [6.07, 6.45) is 4.88. The largest absolute Gasteiger partial charge is 0.384 e. The number of benzene rings is 1. The Balaban J connectivity index is 2.12. The molecule has 0 atom stereocenters. The van der Waals surface area contributed by atoms with Crippen LogP contribution in [0.3, 0.4) is 0 Å². The first-order valence-electron chi connectivity index (χ1n) is 5.83. The minimum Gasteiger partial charge on any atom is -0.384 e. The fourth-order valence-electron chi connectivity index (χ4n) is 2.23. The lowest BCUT2D eigenvalue weighted by atomic mass is 9.94. The smallest absolute Gasteiger partial charge is 0.120 e. The van der Waals surface area contributed by atoms with Crippen LogP contribution in [0.25, 0.3) is 0 Å². The third-order valence-corrected chi connectivity index (χ3v) is 3.36. The minimum absolute atomic E-state index is 0.270. The van der Waals surface area contributed by atoms with Crippen molar-refractivity contribution in [3.05, 3.63) is 35.4 Å². The Morgan fingerprint density at radius 2 is 2.25 bits per heavy atom. The van der Waals surface area contributed by atoms with E-state index in [0.29, 0.717) is 6.42 Å². The summed E-state index contributed by atoms with van der Waals surface area (Å²) < 4.78 is 5.29. The summed E-state index contributed by atoms with van der Waals surface area (Å²) in [6.45, 7) is 0.810.